The van der Waals surface area contributed by atoms with Crippen molar-refractivity contribution >= 4 is 5.91 Å². The van der Waals surface area contributed by atoms with Crippen LogP contribution in [0.4, 0.5) is 0 Å². The molecule has 0 aromatic rings. The Kier molecular flexibility index (Phi) is 4.03. The van der Waals surface area contributed by atoms with Gasteiger partial charge in [0.15, 0.2) is 0 Å². The molecule has 0 radical (unpaired) electrons. The Balaban J connectivity index is 2.83. The molecule has 0 aromatic heterocycles. The maximum absolute atomic E-state index is 12.4. The zero-order valence-electron chi connectivity index (χ0n) is 11.8. The second-order valence-corrected chi connectivity index (χ2v) is 6.54. The Morgan fingerprint density at radius 2 is 2.18 bits per heavy atom. The zero-order valence-corrected chi connectivity index (χ0v) is 11.8. The molecular weight excluding hydrogens is 212 g/mol. The van der Waals surface area contributed by atoms with Crippen LogP contribution in [0, 0.1) is 11.3 Å². The van der Waals surface area contributed by atoms with Crippen molar-refractivity contribution in [2.45, 2.75) is 39.7 Å². The molecule has 1 saturated heterocycles. The summed E-state index contributed by atoms with van der Waals surface area (Å²) in [5.74, 6) is 0.536. The van der Waals surface area contributed by atoms with Crippen LogP contribution in [0.25, 0.3) is 0 Å². The van der Waals surface area contributed by atoms with Crippen LogP contribution in [0.15, 0.2) is 12.7 Å². The average Bonchev–Trinajstić information content (AvgIpc) is 2.41. The van der Waals surface area contributed by atoms with Crippen LogP contribution in [0.3, 0.4) is 0 Å². The number of hydrogen-bond acceptors (Lipinski definition) is 2. The molecule has 1 fully saturated rings. The lowest BCUT2D eigenvalue weighted by Crippen LogP contribution is -2.51. The molecule has 98 valence electrons. The summed E-state index contributed by atoms with van der Waals surface area (Å²) in [5.41, 5.74) is -0.462. The van der Waals surface area contributed by atoms with Crippen molar-refractivity contribution in [3.8, 4) is 0 Å². The molecule has 1 aliphatic heterocycles. The summed E-state index contributed by atoms with van der Waals surface area (Å²) < 4.78 is 0. The molecule has 0 saturated carbocycles. The van der Waals surface area contributed by atoms with Crippen molar-refractivity contribution in [3.63, 3.8) is 0 Å². The Morgan fingerprint density at radius 3 is 2.65 bits per heavy atom. The fourth-order valence-electron chi connectivity index (χ4n) is 2.61. The van der Waals surface area contributed by atoms with Crippen LogP contribution in [0.2, 0.25) is 0 Å². The highest BCUT2D eigenvalue weighted by Gasteiger charge is 2.47. The summed E-state index contributed by atoms with van der Waals surface area (Å²) in [5, 5.41) is 3.11. The van der Waals surface area contributed by atoms with Gasteiger partial charge in [-0.25, -0.2) is 0 Å². The third-order valence-electron chi connectivity index (χ3n) is 3.49. The van der Waals surface area contributed by atoms with Crippen molar-refractivity contribution in [2.24, 2.45) is 11.3 Å². The van der Waals surface area contributed by atoms with E-state index in [1.54, 1.807) is 0 Å². The molecular formula is C14H26N2O. The van der Waals surface area contributed by atoms with Crippen molar-refractivity contribution in [2.75, 3.05) is 20.1 Å². The van der Waals surface area contributed by atoms with E-state index in [4.69, 9.17) is 0 Å². The number of rotatable bonds is 3. The Morgan fingerprint density at radius 1 is 1.59 bits per heavy atom. The van der Waals surface area contributed by atoms with Crippen LogP contribution in [0.1, 0.15) is 34.1 Å². The van der Waals surface area contributed by atoms with Gasteiger partial charge in [-0.15, -0.1) is 6.58 Å². The minimum Gasteiger partial charge on any atom is -0.351 e. The fraction of sp³-hybridized carbons (Fsp3) is 0.786. The first-order valence-electron chi connectivity index (χ1n) is 6.31. The SMILES string of the molecule is C=CC[C@H]1CN(C)C[C@@]1(C)C(=O)NC(C)(C)C. The number of nitrogens with zero attached hydrogens (tertiary/aromatic N) is 1. The average molecular weight is 238 g/mol. The highest BCUT2D eigenvalue weighted by atomic mass is 16.2. The van der Waals surface area contributed by atoms with E-state index in [0.29, 0.717) is 5.92 Å². The molecule has 1 N–H and O–H groups in total. The van der Waals surface area contributed by atoms with Gasteiger partial charge in [-0.3, -0.25) is 4.79 Å². The number of amides is 1. The molecule has 0 spiro atoms. The fourth-order valence-corrected chi connectivity index (χ4v) is 2.61. The predicted octanol–water partition coefficient (Wildman–Crippen LogP) is 2.05. The van der Waals surface area contributed by atoms with Crippen LogP contribution in [-0.2, 0) is 4.79 Å². The molecule has 0 aliphatic carbocycles. The highest BCUT2D eigenvalue weighted by Crippen LogP contribution is 2.38. The van der Waals surface area contributed by atoms with E-state index in [2.05, 4.69) is 30.8 Å². The monoisotopic (exact) mass is 238 g/mol. The van der Waals surface area contributed by atoms with Gasteiger partial charge in [0.25, 0.3) is 0 Å². The highest BCUT2D eigenvalue weighted by molar-refractivity contribution is 5.84. The van der Waals surface area contributed by atoms with E-state index in [0.717, 1.165) is 19.5 Å². The summed E-state index contributed by atoms with van der Waals surface area (Å²) in [4.78, 5) is 14.7. The lowest BCUT2D eigenvalue weighted by Gasteiger charge is -2.32. The van der Waals surface area contributed by atoms with Gasteiger partial charge in [-0.1, -0.05) is 6.08 Å². The van der Waals surface area contributed by atoms with Crippen LogP contribution < -0.4 is 5.32 Å². The molecule has 2 atom stereocenters. The predicted molar refractivity (Wildman–Crippen MR) is 71.8 cm³/mol. The second-order valence-electron chi connectivity index (χ2n) is 6.54. The van der Waals surface area contributed by atoms with Gasteiger partial charge in [0.2, 0.25) is 5.91 Å². The van der Waals surface area contributed by atoms with Crippen LogP contribution in [-0.4, -0.2) is 36.5 Å². The minimum absolute atomic E-state index is 0.167. The zero-order chi connectivity index (χ0) is 13.3. The lowest BCUT2D eigenvalue weighted by molar-refractivity contribution is -0.133. The van der Waals surface area contributed by atoms with Crippen molar-refractivity contribution in [1.29, 1.82) is 0 Å². The quantitative estimate of drug-likeness (QED) is 0.763. The van der Waals surface area contributed by atoms with Gasteiger partial charge in [-0.2, -0.15) is 0 Å². The Labute approximate surface area is 105 Å². The Hall–Kier alpha value is -0.830. The molecule has 1 aliphatic rings. The standard InChI is InChI=1S/C14H26N2O/c1-7-8-11-9-16(6)10-14(11,5)12(17)15-13(2,3)4/h7,11H,1,8-10H2,2-6H3,(H,15,17)/t11-,14+/m0/s1. The van der Waals surface area contributed by atoms with E-state index in [1.807, 2.05) is 26.8 Å². The molecule has 1 heterocycles. The number of hydrogen-bond donors (Lipinski definition) is 1. The second kappa shape index (κ2) is 4.81. The smallest absolute Gasteiger partial charge is 0.227 e. The van der Waals surface area contributed by atoms with E-state index in [9.17, 15) is 4.79 Å². The first kappa shape index (κ1) is 14.2. The largest absolute Gasteiger partial charge is 0.351 e. The number of likely N-dealkylation sites (tertiary alicyclic amines) is 1. The molecule has 1 amide bonds. The molecule has 0 aromatic carbocycles. The lowest BCUT2D eigenvalue weighted by atomic mass is 9.77. The van der Waals surface area contributed by atoms with Crippen molar-refractivity contribution in [3.05, 3.63) is 12.7 Å². The van der Waals surface area contributed by atoms with Gasteiger partial charge in [0, 0.05) is 18.6 Å². The van der Waals surface area contributed by atoms with Crippen molar-refractivity contribution < 1.29 is 4.79 Å². The van der Waals surface area contributed by atoms with Crippen LogP contribution >= 0.6 is 0 Å². The summed E-state index contributed by atoms with van der Waals surface area (Å²) in [6, 6.07) is 0. The molecule has 3 heteroatoms. The number of carbonyl (C=O) groups excluding carboxylic acids is 1. The first-order valence-corrected chi connectivity index (χ1v) is 6.31. The summed E-state index contributed by atoms with van der Waals surface area (Å²) in [6.45, 7) is 13.7. The van der Waals surface area contributed by atoms with Gasteiger partial charge < -0.3 is 10.2 Å². The summed E-state index contributed by atoms with van der Waals surface area (Å²) >= 11 is 0. The van der Waals surface area contributed by atoms with E-state index < -0.39 is 0 Å². The number of carbonyl (C=O) groups is 1. The normalized spacial score (nSPS) is 30.3. The molecule has 0 unspecified atom stereocenters. The van der Waals surface area contributed by atoms with E-state index >= 15 is 0 Å². The molecule has 0 bridgehead atoms. The van der Waals surface area contributed by atoms with Gasteiger partial charge in [0.05, 0.1) is 5.41 Å². The maximum Gasteiger partial charge on any atom is 0.227 e. The van der Waals surface area contributed by atoms with Gasteiger partial charge in [0.1, 0.15) is 0 Å². The van der Waals surface area contributed by atoms with Crippen LogP contribution in [0.5, 0.6) is 0 Å². The van der Waals surface area contributed by atoms with E-state index in [-0.39, 0.29) is 16.9 Å². The third-order valence-corrected chi connectivity index (χ3v) is 3.49. The first-order chi connectivity index (χ1) is 7.69. The van der Waals surface area contributed by atoms with Gasteiger partial charge >= 0.3 is 0 Å². The number of nitrogens with one attached hydrogen (secondary N) is 1. The van der Waals surface area contributed by atoms with Crippen molar-refractivity contribution in [1.82, 2.24) is 10.2 Å². The summed E-state index contributed by atoms with van der Waals surface area (Å²) in [7, 11) is 2.08. The third kappa shape index (κ3) is 3.32. The number of allylic oxidation sites excluding steroid dienone is 1. The molecule has 3 nitrogen and oxygen atoms in total. The van der Waals surface area contributed by atoms with E-state index in [1.165, 1.54) is 0 Å². The minimum atomic E-state index is -0.295. The van der Waals surface area contributed by atoms with Gasteiger partial charge in [-0.05, 0) is 47.1 Å². The molecule has 17 heavy (non-hydrogen) atoms. The maximum atomic E-state index is 12.4. The topological polar surface area (TPSA) is 32.3 Å². The molecule has 1 rings (SSSR count). The Bertz CT molecular complexity index is 306. The summed E-state index contributed by atoms with van der Waals surface area (Å²) in [6.07, 6.45) is 2.82.